The van der Waals surface area contributed by atoms with Crippen LogP contribution in [0, 0.1) is 0 Å². The van der Waals surface area contributed by atoms with Crippen molar-refractivity contribution in [2.24, 2.45) is 0 Å². The molecular weight excluding hydrogens is 400 g/mol. The van der Waals surface area contributed by atoms with Gasteiger partial charge in [-0.1, -0.05) is 18.2 Å². The average Bonchev–Trinajstić information content (AvgIpc) is 3.02. The Morgan fingerprint density at radius 3 is 2.00 bits per heavy atom. The lowest BCUT2D eigenvalue weighted by atomic mass is 10.0. The molecule has 0 saturated heterocycles. The molecule has 3 rings (SSSR count). The first-order valence-electron chi connectivity index (χ1n) is 9.41. The van der Waals surface area contributed by atoms with Crippen molar-refractivity contribution in [1.29, 1.82) is 0 Å². The molecule has 0 spiro atoms. The fourth-order valence-corrected chi connectivity index (χ4v) is 3.31. The smallest absolute Gasteiger partial charge is 0.278 e. The zero-order valence-electron chi connectivity index (χ0n) is 17.9. The van der Waals surface area contributed by atoms with Crippen molar-refractivity contribution >= 4 is 23.1 Å². The highest BCUT2D eigenvalue weighted by molar-refractivity contribution is 6.36. The van der Waals surface area contributed by atoms with E-state index in [0.717, 1.165) is 4.90 Å². The molecule has 1 aliphatic rings. The predicted octanol–water partition coefficient (Wildman–Crippen LogP) is 3.10. The van der Waals surface area contributed by atoms with Gasteiger partial charge in [0.2, 0.25) is 5.75 Å². The van der Waals surface area contributed by atoms with Crippen molar-refractivity contribution < 1.29 is 28.5 Å². The number of amides is 2. The monoisotopic (exact) mass is 424 g/mol. The molecule has 0 aromatic heterocycles. The normalized spacial score (nSPS) is 13.4. The van der Waals surface area contributed by atoms with E-state index < -0.39 is 11.8 Å². The molecule has 8 nitrogen and oxygen atoms in total. The number of rotatable bonds is 9. The van der Waals surface area contributed by atoms with E-state index in [1.54, 1.807) is 43.5 Å². The van der Waals surface area contributed by atoms with E-state index in [9.17, 15) is 9.59 Å². The summed E-state index contributed by atoms with van der Waals surface area (Å²) in [6, 6.07) is 10.2. The quantitative estimate of drug-likeness (QED) is 0.489. The van der Waals surface area contributed by atoms with Crippen LogP contribution in [-0.2, 0) is 9.59 Å². The Hall–Kier alpha value is -3.94. The Morgan fingerprint density at radius 2 is 1.52 bits per heavy atom. The topological polar surface area (TPSA) is 86.3 Å². The number of carbonyl (C=O) groups excluding carboxylic acids is 2. The third-order valence-electron chi connectivity index (χ3n) is 4.79. The van der Waals surface area contributed by atoms with Crippen LogP contribution in [-0.4, -0.2) is 51.7 Å². The average molecular weight is 424 g/mol. The Morgan fingerprint density at radius 1 is 0.903 bits per heavy atom. The van der Waals surface area contributed by atoms with E-state index in [1.165, 1.54) is 27.4 Å². The number of carbonyl (C=O) groups is 2. The van der Waals surface area contributed by atoms with Gasteiger partial charge in [0.25, 0.3) is 11.8 Å². The molecule has 1 N–H and O–H groups in total. The molecule has 162 valence electrons. The molecule has 0 atom stereocenters. The summed E-state index contributed by atoms with van der Waals surface area (Å²) in [4.78, 5) is 27.3. The van der Waals surface area contributed by atoms with Crippen LogP contribution in [0.4, 0.5) is 5.69 Å². The fourth-order valence-electron chi connectivity index (χ4n) is 3.31. The minimum atomic E-state index is -0.454. The first-order chi connectivity index (χ1) is 15.0. The maximum Gasteiger partial charge on any atom is 0.278 e. The van der Waals surface area contributed by atoms with Crippen LogP contribution in [0.3, 0.4) is 0 Å². The molecule has 31 heavy (non-hydrogen) atoms. The lowest BCUT2D eigenvalue weighted by molar-refractivity contribution is -0.136. The Labute approximate surface area is 180 Å². The van der Waals surface area contributed by atoms with Gasteiger partial charge in [-0.05, 0) is 17.7 Å². The molecular formula is C23H24N2O6. The SMILES string of the molecule is C=CCN1C(=O)C(Nc2cc(OC)c(OC)c(OC)c2)=C(c2ccc(OC)cc2)C1=O. The highest BCUT2D eigenvalue weighted by Crippen LogP contribution is 2.41. The number of hydrogen-bond donors (Lipinski definition) is 1. The molecule has 0 unspecified atom stereocenters. The number of nitrogens with zero attached hydrogens (tertiary/aromatic N) is 1. The second kappa shape index (κ2) is 9.25. The lowest BCUT2D eigenvalue weighted by Gasteiger charge is -2.16. The molecule has 0 aliphatic carbocycles. The second-order valence-electron chi connectivity index (χ2n) is 6.53. The van der Waals surface area contributed by atoms with Crippen LogP contribution in [0.1, 0.15) is 5.56 Å². The number of benzene rings is 2. The predicted molar refractivity (Wildman–Crippen MR) is 117 cm³/mol. The van der Waals surface area contributed by atoms with Crippen molar-refractivity contribution in [2.75, 3.05) is 40.3 Å². The summed E-state index contributed by atoms with van der Waals surface area (Å²) in [5, 5.41) is 3.07. The Bertz CT molecular complexity index is 1020. The molecule has 8 heteroatoms. The van der Waals surface area contributed by atoms with Crippen LogP contribution >= 0.6 is 0 Å². The number of imide groups is 1. The minimum Gasteiger partial charge on any atom is -0.497 e. The molecule has 0 saturated carbocycles. The van der Waals surface area contributed by atoms with E-state index in [2.05, 4.69) is 11.9 Å². The molecule has 1 aliphatic heterocycles. The van der Waals surface area contributed by atoms with Crippen LogP contribution in [0.25, 0.3) is 5.57 Å². The van der Waals surface area contributed by atoms with Crippen LogP contribution in [0.15, 0.2) is 54.8 Å². The first kappa shape index (κ1) is 21.8. The molecule has 0 bridgehead atoms. The second-order valence-corrected chi connectivity index (χ2v) is 6.53. The van der Waals surface area contributed by atoms with Crippen LogP contribution in [0.5, 0.6) is 23.0 Å². The van der Waals surface area contributed by atoms with E-state index in [-0.39, 0.29) is 17.8 Å². The van der Waals surface area contributed by atoms with E-state index in [1.807, 2.05) is 0 Å². The maximum atomic E-state index is 13.1. The van der Waals surface area contributed by atoms with Crippen molar-refractivity contribution in [3.63, 3.8) is 0 Å². The largest absolute Gasteiger partial charge is 0.497 e. The number of anilines is 1. The first-order valence-corrected chi connectivity index (χ1v) is 9.41. The zero-order valence-corrected chi connectivity index (χ0v) is 17.9. The van der Waals surface area contributed by atoms with Gasteiger partial charge in [0.05, 0.1) is 34.0 Å². The van der Waals surface area contributed by atoms with Gasteiger partial charge in [-0.25, -0.2) is 0 Å². The summed E-state index contributed by atoms with van der Waals surface area (Å²) in [6.07, 6.45) is 1.50. The van der Waals surface area contributed by atoms with Crippen molar-refractivity contribution in [3.8, 4) is 23.0 Å². The Kier molecular flexibility index (Phi) is 6.49. The van der Waals surface area contributed by atoms with Crippen molar-refractivity contribution in [1.82, 2.24) is 4.90 Å². The van der Waals surface area contributed by atoms with E-state index >= 15 is 0 Å². The molecule has 0 radical (unpaired) electrons. The van der Waals surface area contributed by atoms with Crippen LogP contribution in [0.2, 0.25) is 0 Å². The lowest BCUT2D eigenvalue weighted by Crippen LogP contribution is -2.32. The summed E-state index contributed by atoms with van der Waals surface area (Å²) in [7, 11) is 6.06. The van der Waals surface area contributed by atoms with Gasteiger partial charge in [-0.3, -0.25) is 14.5 Å². The molecule has 1 heterocycles. The summed E-state index contributed by atoms with van der Waals surface area (Å²) < 4.78 is 21.3. The number of hydrogen-bond acceptors (Lipinski definition) is 7. The number of nitrogens with one attached hydrogen (secondary N) is 1. The van der Waals surface area contributed by atoms with Gasteiger partial charge >= 0.3 is 0 Å². The molecule has 2 aromatic carbocycles. The standard InChI is InChI=1S/C23H24N2O6/c1-6-11-25-22(26)19(14-7-9-16(28-2)10-8-14)20(23(25)27)24-15-12-17(29-3)21(31-5)18(13-15)30-4/h6-10,12-13,24H,1,11H2,2-5H3. The summed E-state index contributed by atoms with van der Waals surface area (Å²) in [5.74, 6) is 1.02. The van der Waals surface area contributed by atoms with Crippen molar-refractivity contribution in [3.05, 3.63) is 60.3 Å². The fraction of sp³-hybridized carbons (Fsp3) is 0.217. The highest BCUT2D eigenvalue weighted by Gasteiger charge is 2.38. The minimum absolute atomic E-state index is 0.0950. The van der Waals surface area contributed by atoms with Gasteiger partial charge in [0.1, 0.15) is 11.4 Å². The molecule has 2 aromatic rings. The third-order valence-corrected chi connectivity index (χ3v) is 4.79. The van der Waals surface area contributed by atoms with Gasteiger partial charge in [0, 0.05) is 24.4 Å². The number of ether oxygens (including phenoxy) is 4. The third kappa shape index (κ3) is 4.05. The zero-order chi connectivity index (χ0) is 22.5. The highest BCUT2D eigenvalue weighted by atomic mass is 16.5. The molecule has 0 fully saturated rings. The van der Waals surface area contributed by atoms with E-state index in [0.29, 0.717) is 34.2 Å². The van der Waals surface area contributed by atoms with E-state index in [4.69, 9.17) is 18.9 Å². The Balaban J connectivity index is 2.11. The summed E-state index contributed by atoms with van der Waals surface area (Å²) in [5.41, 5.74) is 1.48. The maximum absolute atomic E-state index is 13.1. The van der Waals surface area contributed by atoms with Gasteiger partial charge < -0.3 is 24.3 Å². The summed E-state index contributed by atoms with van der Waals surface area (Å²) in [6.45, 7) is 3.73. The number of methoxy groups -OCH3 is 4. The van der Waals surface area contributed by atoms with Crippen LogP contribution < -0.4 is 24.3 Å². The van der Waals surface area contributed by atoms with Crippen molar-refractivity contribution in [2.45, 2.75) is 0 Å². The summed E-state index contributed by atoms with van der Waals surface area (Å²) >= 11 is 0. The van der Waals surface area contributed by atoms with Gasteiger partial charge in [-0.15, -0.1) is 6.58 Å². The van der Waals surface area contributed by atoms with Gasteiger partial charge in [-0.2, -0.15) is 0 Å². The molecule has 2 amide bonds. The van der Waals surface area contributed by atoms with Gasteiger partial charge in [0.15, 0.2) is 11.5 Å².